The zero-order valence-electron chi connectivity index (χ0n) is 16.3. The number of phenolic OH excluding ortho intramolecular Hbond substituents is 1. The molecular formula is C24H17NO5. The molecule has 3 aromatic carbocycles. The van der Waals surface area contributed by atoms with Crippen LogP contribution in [0.25, 0.3) is 22.2 Å². The summed E-state index contributed by atoms with van der Waals surface area (Å²) in [7, 11) is 3.10. The highest BCUT2D eigenvalue weighted by atomic mass is 16.5. The smallest absolute Gasteiger partial charge is 0.263 e. The van der Waals surface area contributed by atoms with Crippen molar-refractivity contribution in [3.05, 3.63) is 77.4 Å². The molecule has 0 atom stereocenters. The van der Waals surface area contributed by atoms with Crippen LogP contribution in [0.3, 0.4) is 0 Å². The van der Waals surface area contributed by atoms with E-state index in [1.54, 1.807) is 67.3 Å². The lowest BCUT2D eigenvalue weighted by molar-refractivity contribution is 0.0973. The molecule has 6 nitrogen and oxygen atoms in total. The second-order valence-corrected chi connectivity index (χ2v) is 7.03. The van der Waals surface area contributed by atoms with Crippen LogP contribution in [0.1, 0.15) is 26.3 Å². The number of hydrogen-bond acceptors (Lipinski definition) is 5. The number of fused-ring (bicyclic) bond motifs is 5. The molecule has 4 aromatic rings. The van der Waals surface area contributed by atoms with E-state index in [4.69, 9.17) is 9.47 Å². The van der Waals surface area contributed by atoms with Crippen LogP contribution in [0.15, 0.2) is 60.7 Å². The Morgan fingerprint density at radius 1 is 0.867 bits per heavy atom. The molecule has 0 unspecified atom stereocenters. The van der Waals surface area contributed by atoms with E-state index in [-0.39, 0.29) is 17.4 Å². The van der Waals surface area contributed by atoms with Gasteiger partial charge in [-0.1, -0.05) is 0 Å². The summed E-state index contributed by atoms with van der Waals surface area (Å²) in [5.41, 5.74) is 3.19. The van der Waals surface area contributed by atoms with Crippen LogP contribution in [0.2, 0.25) is 0 Å². The first kappa shape index (κ1) is 18.0. The molecule has 5 rings (SSSR count). The van der Waals surface area contributed by atoms with Crippen LogP contribution >= 0.6 is 0 Å². The minimum absolute atomic E-state index is 0.0767. The van der Waals surface area contributed by atoms with Gasteiger partial charge in [-0.3, -0.25) is 14.2 Å². The lowest BCUT2D eigenvalue weighted by Crippen LogP contribution is -2.06. The number of ether oxygens (including phenoxy) is 2. The SMILES string of the molecule is COc1ccc2c(c1)C(=O)n1c-2c(C(=O)c2ccc(O)cc2)c2cc(OC)ccc21. The van der Waals surface area contributed by atoms with Gasteiger partial charge in [0.1, 0.15) is 17.2 Å². The summed E-state index contributed by atoms with van der Waals surface area (Å²) in [5, 5.41) is 10.2. The molecule has 0 radical (unpaired) electrons. The van der Waals surface area contributed by atoms with Gasteiger partial charge in [0.05, 0.1) is 36.6 Å². The van der Waals surface area contributed by atoms with Gasteiger partial charge in [-0.15, -0.1) is 0 Å². The fourth-order valence-electron chi connectivity index (χ4n) is 4.00. The molecule has 1 N–H and O–H groups in total. The van der Waals surface area contributed by atoms with Crippen molar-refractivity contribution < 1.29 is 24.2 Å². The Morgan fingerprint density at radius 3 is 2.23 bits per heavy atom. The highest BCUT2D eigenvalue weighted by Crippen LogP contribution is 2.43. The molecule has 1 aliphatic heterocycles. The summed E-state index contributed by atoms with van der Waals surface area (Å²) in [6.07, 6.45) is 0. The largest absolute Gasteiger partial charge is 0.508 e. The number of hydrogen-bond donors (Lipinski definition) is 1. The van der Waals surface area contributed by atoms with Crippen molar-refractivity contribution in [3.63, 3.8) is 0 Å². The Bertz CT molecular complexity index is 1350. The average molecular weight is 399 g/mol. The predicted octanol–water partition coefficient (Wildman–Crippen LogP) is 4.26. The summed E-state index contributed by atoms with van der Waals surface area (Å²) >= 11 is 0. The summed E-state index contributed by atoms with van der Waals surface area (Å²) in [6, 6.07) is 16.7. The molecule has 0 spiro atoms. The number of methoxy groups -OCH3 is 2. The molecule has 0 bridgehead atoms. The minimum atomic E-state index is -0.238. The fraction of sp³-hybridized carbons (Fsp3) is 0.0833. The zero-order chi connectivity index (χ0) is 21.0. The normalized spacial score (nSPS) is 12.0. The number of carbonyl (C=O) groups excluding carboxylic acids is 2. The second-order valence-electron chi connectivity index (χ2n) is 7.03. The van der Waals surface area contributed by atoms with E-state index in [0.717, 1.165) is 0 Å². The molecule has 1 aromatic heterocycles. The maximum absolute atomic E-state index is 13.6. The third kappa shape index (κ3) is 2.43. The number of nitrogens with zero attached hydrogens (tertiary/aromatic N) is 1. The number of carbonyl (C=O) groups is 2. The molecule has 0 saturated heterocycles. The monoisotopic (exact) mass is 399 g/mol. The van der Waals surface area contributed by atoms with Crippen LogP contribution in [0, 0.1) is 0 Å². The van der Waals surface area contributed by atoms with Crippen molar-refractivity contribution in [1.82, 2.24) is 4.57 Å². The van der Waals surface area contributed by atoms with Gasteiger partial charge >= 0.3 is 0 Å². The minimum Gasteiger partial charge on any atom is -0.508 e. The van der Waals surface area contributed by atoms with Gasteiger partial charge in [-0.25, -0.2) is 0 Å². The van der Waals surface area contributed by atoms with Crippen LogP contribution in [-0.2, 0) is 0 Å². The van der Waals surface area contributed by atoms with E-state index in [1.165, 1.54) is 12.1 Å². The second kappa shape index (κ2) is 6.49. The van der Waals surface area contributed by atoms with Crippen LogP contribution in [0.4, 0.5) is 0 Å². The fourth-order valence-corrected chi connectivity index (χ4v) is 4.00. The lowest BCUT2D eigenvalue weighted by Gasteiger charge is -2.07. The molecule has 30 heavy (non-hydrogen) atoms. The summed E-state index contributed by atoms with van der Waals surface area (Å²) in [6.45, 7) is 0. The number of aromatic nitrogens is 1. The Labute approximate surface area is 171 Å². The number of phenols is 1. The highest BCUT2D eigenvalue weighted by molar-refractivity contribution is 6.26. The van der Waals surface area contributed by atoms with Gasteiger partial charge in [-0.05, 0) is 60.7 Å². The van der Waals surface area contributed by atoms with Crippen molar-refractivity contribution >= 4 is 22.6 Å². The summed E-state index contributed by atoms with van der Waals surface area (Å²) in [4.78, 5) is 26.8. The standard InChI is InChI=1S/C24H17NO5/c1-29-15-7-9-17-18(11-15)24(28)25-20-10-8-16(30-2)12-19(20)21(22(17)25)23(27)13-3-5-14(26)6-4-13/h3-12,26H,1-2H3. The molecule has 2 heterocycles. The highest BCUT2D eigenvalue weighted by Gasteiger charge is 2.35. The van der Waals surface area contributed by atoms with E-state index in [0.29, 0.717) is 50.3 Å². The van der Waals surface area contributed by atoms with Crippen molar-refractivity contribution in [1.29, 1.82) is 0 Å². The third-order valence-corrected chi connectivity index (χ3v) is 5.45. The predicted molar refractivity (Wildman–Crippen MR) is 112 cm³/mol. The van der Waals surface area contributed by atoms with Gasteiger partial charge in [0.2, 0.25) is 0 Å². The van der Waals surface area contributed by atoms with E-state index < -0.39 is 0 Å². The molecule has 0 fully saturated rings. The Hall–Kier alpha value is -4.06. The van der Waals surface area contributed by atoms with Crippen molar-refractivity contribution in [2.24, 2.45) is 0 Å². The van der Waals surface area contributed by atoms with E-state index in [9.17, 15) is 14.7 Å². The van der Waals surface area contributed by atoms with Gasteiger partial charge in [0.15, 0.2) is 5.78 Å². The molecule has 6 heteroatoms. The Morgan fingerprint density at radius 2 is 1.53 bits per heavy atom. The third-order valence-electron chi connectivity index (χ3n) is 5.45. The molecule has 148 valence electrons. The number of ketones is 1. The van der Waals surface area contributed by atoms with Crippen molar-refractivity contribution in [2.75, 3.05) is 14.2 Å². The van der Waals surface area contributed by atoms with Crippen molar-refractivity contribution in [3.8, 4) is 28.5 Å². The van der Waals surface area contributed by atoms with Gasteiger partial charge < -0.3 is 14.6 Å². The zero-order valence-corrected chi connectivity index (χ0v) is 16.3. The molecular weight excluding hydrogens is 382 g/mol. The first-order valence-corrected chi connectivity index (χ1v) is 9.32. The van der Waals surface area contributed by atoms with Gasteiger partial charge in [-0.2, -0.15) is 0 Å². The van der Waals surface area contributed by atoms with Gasteiger partial charge in [0.25, 0.3) is 5.91 Å². The number of benzene rings is 3. The molecule has 0 amide bonds. The average Bonchev–Trinajstić information content (AvgIpc) is 3.25. The molecule has 0 aliphatic carbocycles. The topological polar surface area (TPSA) is 77.8 Å². The van der Waals surface area contributed by atoms with Crippen LogP contribution in [0.5, 0.6) is 17.2 Å². The van der Waals surface area contributed by atoms with Gasteiger partial charge in [0, 0.05) is 16.5 Å². The van der Waals surface area contributed by atoms with E-state index in [1.807, 2.05) is 0 Å². The van der Waals surface area contributed by atoms with E-state index >= 15 is 0 Å². The lowest BCUT2D eigenvalue weighted by atomic mass is 9.95. The first-order chi connectivity index (χ1) is 14.5. The number of aromatic hydroxyl groups is 1. The Kier molecular flexibility index (Phi) is 3.89. The maximum atomic E-state index is 13.6. The quantitative estimate of drug-likeness (QED) is 0.457. The van der Waals surface area contributed by atoms with E-state index in [2.05, 4.69) is 0 Å². The maximum Gasteiger partial charge on any atom is 0.263 e. The Balaban J connectivity index is 1.84. The molecule has 1 aliphatic rings. The van der Waals surface area contributed by atoms with Crippen LogP contribution in [-0.4, -0.2) is 35.6 Å². The molecule has 0 saturated carbocycles. The first-order valence-electron chi connectivity index (χ1n) is 9.32. The summed E-state index contributed by atoms with van der Waals surface area (Å²) in [5.74, 6) is 0.796. The summed E-state index contributed by atoms with van der Waals surface area (Å²) < 4.78 is 12.2. The van der Waals surface area contributed by atoms with Crippen molar-refractivity contribution in [2.45, 2.75) is 0 Å². The van der Waals surface area contributed by atoms with Crippen LogP contribution < -0.4 is 9.47 Å². The number of rotatable bonds is 4.